The van der Waals surface area contributed by atoms with E-state index in [1.165, 1.54) is 30.1 Å². The minimum atomic E-state index is -0.490. The number of rotatable bonds is 5. The Balaban J connectivity index is 1.80. The van der Waals surface area contributed by atoms with E-state index in [1.807, 2.05) is 41.8 Å². The van der Waals surface area contributed by atoms with Crippen LogP contribution in [0.2, 0.25) is 0 Å². The molecule has 2 aromatic carbocycles. The Morgan fingerprint density at radius 2 is 1.68 bits per heavy atom. The molecule has 0 saturated heterocycles. The van der Waals surface area contributed by atoms with Crippen molar-refractivity contribution in [2.45, 2.75) is 26.2 Å². The van der Waals surface area contributed by atoms with E-state index in [2.05, 4.69) is 54.2 Å². The largest absolute Gasteiger partial charge is 0.465 e. The van der Waals surface area contributed by atoms with E-state index >= 15 is 0 Å². The molecule has 0 spiro atoms. The Kier molecular flexibility index (Phi) is 7.13. The summed E-state index contributed by atoms with van der Waals surface area (Å²) in [7, 11) is 1.33. The molecule has 0 radical (unpaired) electrons. The summed E-state index contributed by atoms with van der Waals surface area (Å²) in [6.45, 7) is 6.48. The molecule has 3 rings (SSSR count). The molecule has 3 aromatic rings. The predicted molar refractivity (Wildman–Crippen MR) is 132 cm³/mol. The van der Waals surface area contributed by atoms with Gasteiger partial charge in [-0.3, -0.25) is 4.79 Å². The van der Waals surface area contributed by atoms with E-state index in [-0.39, 0.29) is 11.3 Å². The summed E-state index contributed by atoms with van der Waals surface area (Å²) in [5.74, 6) is -0.800. The maximum absolute atomic E-state index is 12.5. The highest BCUT2D eigenvalue weighted by atomic mass is 79.9. The molecule has 0 aliphatic rings. The molecule has 160 valence electrons. The number of hydrogen-bond acceptors (Lipinski definition) is 4. The number of benzene rings is 2. The van der Waals surface area contributed by atoms with Gasteiger partial charge in [0.05, 0.1) is 7.11 Å². The number of thiophene rings is 1. The third kappa shape index (κ3) is 5.71. The van der Waals surface area contributed by atoms with Crippen LogP contribution in [-0.2, 0) is 14.9 Å². The van der Waals surface area contributed by atoms with Crippen molar-refractivity contribution in [1.29, 1.82) is 0 Å². The molecule has 0 aliphatic heterocycles. The summed E-state index contributed by atoms with van der Waals surface area (Å²) in [5.41, 5.74) is 4.19. The van der Waals surface area contributed by atoms with Gasteiger partial charge in [0.1, 0.15) is 10.6 Å². The Morgan fingerprint density at radius 3 is 2.26 bits per heavy atom. The minimum Gasteiger partial charge on any atom is -0.465 e. The fourth-order valence-electron chi connectivity index (χ4n) is 3.02. The summed E-state index contributed by atoms with van der Waals surface area (Å²) in [5, 5.41) is 5.12. The van der Waals surface area contributed by atoms with Crippen LogP contribution in [0.25, 0.3) is 17.2 Å². The summed E-state index contributed by atoms with van der Waals surface area (Å²) < 4.78 is 5.90. The van der Waals surface area contributed by atoms with Gasteiger partial charge in [-0.25, -0.2) is 4.79 Å². The van der Waals surface area contributed by atoms with Gasteiger partial charge in [-0.05, 0) is 40.3 Å². The Hall–Kier alpha value is -2.70. The lowest BCUT2D eigenvalue weighted by Gasteiger charge is -2.18. The molecule has 0 bridgehead atoms. The second-order valence-electron chi connectivity index (χ2n) is 8.05. The zero-order valence-electron chi connectivity index (χ0n) is 17.9. The molecule has 31 heavy (non-hydrogen) atoms. The number of methoxy groups -OCH3 is 1. The van der Waals surface area contributed by atoms with E-state index in [0.717, 1.165) is 21.2 Å². The summed E-state index contributed by atoms with van der Waals surface area (Å²) in [6.07, 6.45) is 3.22. The molecule has 0 saturated carbocycles. The van der Waals surface area contributed by atoms with Crippen molar-refractivity contribution in [2.24, 2.45) is 0 Å². The Bertz CT molecular complexity index is 1110. The molecule has 1 aromatic heterocycles. The Morgan fingerprint density at radius 1 is 1.03 bits per heavy atom. The van der Waals surface area contributed by atoms with E-state index in [9.17, 15) is 9.59 Å². The molecular weight excluding hydrogens is 474 g/mol. The molecular formula is C25H24BrNO3S. The van der Waals surface area contributed by atoms with Gasteiger partial charge in [-0.15, -0.1) is 11.3 Å². The van der Waals surface area contributed by atoms with Crippen molar-refractivity contribution in [3.8, 4) is 11.1 Å². The fraction of sp³-hybridized carbons (Fsp3) is 0.200. The van der Waals surface area contributed by atoms with Gasteiger partial charge in [0.2, 0.25) is 5.91 Å². The number of amides is 1. The van der Waals surface area contributed by atoms with Crippen molar-refractivity contribution in [1.82, 2.24) is 0 Å². The van der Waals surface area contributed by atoms with E-state index < -0.39 is 5.97 Å². The average Bonchev–Trinajstić information content (AvgIpc) is 3.15. The van der Waals surface area contributed by atoms with Gasteiger partial charge in [-0.2, -0.15) is 0 Å². The SMILES string of the molecule is COC(=O)c1c(-c2ccc(Br)cc2)csc1NC(=O)/C=C/c1ccc(C(C)(C)C)cc1. The minimum absolute atomic E-state index is 0.0790. The van der Waals surface area contributed by atoms with Crippen LogP contribution in [0.3, 0.4) is 0 Å². The first-order valence-corrected chi connectivity index (χ1v) is 11.4. The number of nitrogens with one attached hydrogen (secondary N) is 1. The Labute approximate surface area is 195 Å². The van der Waals surface area contributed by atoms with Crippen LogP contribution in [0, 0.1) is 0 Å². The summed E-state index contributed by atoms with van der Waals surface area (Å²) >= 11 is 4.71. The zero-order valence-corrected chi connectivity index (χ0v) is 20.3. The average molecular weight is 498 g/mol. The van der Waals surface area contributed by atoms with E-state index in [0.29, 0.717) is 10.6 Å². The second kappa shape index (κ2) is 9.62. The van der Waals surface area contributed by atoms with Crippen LogP contribution >= 0.6 is 27.3 Å². The monoisotopic (exact) mass is 497 g/mol. The second-order valence-corrected chi connectivity index (χ2v) is 9.84. The first-order valence-electron chi connectivity index (χ1n) is 9.74. The fourth-order valence-corrected chi connectivity index (χ4v) is 4.24. The molecule has 0 fully saturated rings. The van der Waals surface area contributed by atoms with Gasteiger partial charge in [0, 0.05) is 21.5 Å². The van der Waals surface area contributed by atoms with Gasteiger partial charge in [-0.1, -0.05) is 73.1 Å². The highest BCUT2D eigenvalue weighted by molar-refractivity contribution is 9.10. The van der Waals surface area contributed by atoms with Gasteiger partial charge in [0.25, 0.3) is 0 Å². The molecule has 1 amide bonds. The van der Waals surface area contributed by atoms with Crippen molar-refractivity contribution >= 4 is 50.2 Å². The van der Waals surface area contributed by atoms with Gasteiger partial charge >= 0.3 is 5.97 Å². The summed E-state index contributed by atoms with van der Waals surface area (Å²) in [4.78, 5) is 25.0. The lowest BCUT2D eigenvalue weighted by Crippen LogP contribution is -2.11. The molecule has 0 unspecified atom stereocenters. The number of halogens is 1. The maximum atomic E-state index is 12.5. The highest BCUT2D eigenvalue weighted by Gasteiger charge is 2.22. The number of hydrogen-bond donors (Lipinski definition) is 1. The molecule has 0 atom stereocenters. The zero-order chi connectivity index (χ0) is 22.6. The van der Waals surface area contributed by atoms with Crippen molar-refractivity contribution in [3.05, 3.63) is 81.2 Å². The van der Waals surface area contributed by atoms with Crippen molar-refractivity contribution in [3.63, 3.8) is 0 Å². The van der Waals surface area contributed by atoms with Gasteiger partial charge in [0.15, 0.2) is 0 Å². The van der Waals surface area contributed by atoms with Crippen LogP contribution < -0.4 is 5.32 Å². The van der Waals surface area contributed by atoms with Crippen LogP contribution in [0.1, 0.15) is 42.3 Å². The molecule has 4 nitrogen and oxygen atoms in total. The smallest absolute Gasteiger partial charge is 0.341 e. The van der Waals surface area contributed by atoms with Crippen molar-refractivity contribution in [2.75, 3.05) is 12.4 Å². The van der Waals surface area contributed by atoms with Crippen LogP contribution in [0.5, 0.6) is 0 Å². The number of carbonyl (C=O) groups is 2. The van der Waals surface area contributed by atoms with Crippen LogP contribution in [-0.4, -0.2) is 19.0 Å². The number of esters is 1. The van der Waals surface area contributed by atoms with E-state index in [1.54, 1.807) is 6.08 Å². The van der Waals surface area contributed by atoms with Crippen LogP contribution in [0.4, 0.5) is 5.00 Å². The quantitative estimate of drug-likeness (QED) is 0.307. The third-order valence-corrected chi connectivity index (χ3v) is 6.20. The van der Waals surface area contributed by atoms with E-state index in [4.69, 9.17) is 4.74 Å². The number of ether oxygens (including phenoxy) is 1. The first kappa shape index (κ1) is 23.0. The molecule has 1 heterocycles. The normalized spacial score (nSPS) is 11.5. The van der Waals surface area contributed by atoms with Crippen molar-refractivity contribution < 1.29 is 14.3 Å². The highest BCUT2D eigenvalue weighted by Crippen LogP contribution is 2.36. The standard InChI is InChI=1S/C25H24BrNO3S/c1-25(2,3)18-10-5-16(6-11-18)7-14-21(28)27-23-22(24(29)30-4)20(15-31-23)17-8-12-19(26)13-9-17/h5-15H,1-4H3,(H,27,28)/b14-7+. The lowest BCUT2D eigenvalue weighted by molar-refractivity contribution is -0.111. The molecule has 6 heteroatoms. The predicted octanol–water partition coefficient (Wildman–Crippen LogP) is 6.91. The number of anilines is 1. The topological polar surface area (TPSA) is 55.4 Å². The molecule has 0 aliphatic carbocycles. The maximum Gasteiger partial charge on any atom is 0.341 e. The third-order valence-electron chi connectivity index (χ3n) is 4.78. The lowest BCUT2D eigenvalue weighted by atomic mass is 9.87. The number of carbonyl (C=O) groups excluding carboxylic acids is 2. The molecule has 1 N–H and O–H groups in total. The van der Waals surface area contributed by atoms with Crippen LogP contribution in [0.15, 0.2) is 64.5 Å². The first-order chi connectivity index (χ1) is 14.7. The summed E-state index contributed by atoms with van der Waals surface area (Å²) in [6, 6.07) is 15.7. The van der Waals surface area contributed by atoms with Gasteiger partial charge < -0.3 is 10.1 Å².